The molecule has 2 heterocycles. The van der Waals surface area contributed by atoms with E-state index in [-0.39, 0.29) is 17.7 Å². The minimum atomic E-state index is 0.0332. The van der Waals surface area contributed by atoms with Gasteiger partial charge in [0.25, 0.3) is 0 Å². The van der Waals surface area contributed by atoms with Crippen LogP contribution in [0.25, 0.3) is 0 Å². The number of nitrogens with zero attached hydrogens (tertiary/aromatic N) is 3. The molecule has 2 atom stereocenters. The number of benzene rings is 1. The van der Waals surface area contributed by atoms with Gasteiger partial charge in [0.05, 0.1) is 12.6 Å². The summed E-state index contributed by atoms with van der Waals surface area (Å²) in [7, 11) is 0. The van der Waals surface area contributed by atoms with Gasteiger partial charge in [-0.1, -0.05) is 12.1 Å². The van der Waals surface area contributed by atoms with Gasteiger partial charge in [0, 0.05) is 11.9 Å². The highest BCUT2D eigenvalue weighted by molar-refractivity contribution is 5.50. The fraction of sp³-hybridized carbons (Fsp3) is 0.333. The number of rotatable bonds is 3. The Morgan fingerprint density at radius 2 is 2.00 bits per heavy atom. The predicted molar refractivity (Wildman–Crippen MR) is 74.5 cm³/mol. The van der Waals surface area contributed by atoms with Crippen molar-refractivity contribution in [1.29, 1.82) is 10.5 Å². The van der Waals surface area contributed by atoms with E-state index in [1.165, 1.54) is 6.20 Å². The Hall–Kier alpha value is -2.38. The number of fused-ring (bicyclic) bond motifs is 1. The van der Waals surface area contributed by atoms with Crippen LogP contribution in [0.1, 0.15) is 11.7 Å². The van der Waals surface area contributed by atoms with E-state index in [2.05, 4.69) is 10.2 Å². The normalized spacial score (nSPS) is 23.9. The SMILES string of the molecule is N#CC(C#N)=CNc1ccc(C2OCN3COCC23)cc1. The highest BCUT2D eigenvalue weighted by atomic mass is 16.6. The highest BCUT2D eigenvalue weighted by Gasteiger charge is 2.39. The Bertz CT molecular complexity index is 611. The number of anilines is 1. The zero-order valence-corrected chi connectivity index (χ0v) is 11.3. The van der Waals surface area contributed by atoms with Gasteiger partial charge in [-0.05, 0) is 17.7 Å². The Morgan fingerprint density at radius 1 is 1.24 bits per heavy atom. The smallest absolute Gasteiger partial charge is 0.145 e. The first-order valence-electron chi connectivity index (χ1n) is 6.62. The van der Waals surface area contributed by atoms with Gasteiger partial charge in [0.1, 0.15) is 37.3 Å². The summed E-state index contributed by atoms with van der Waals surface area (Å²) >= 11 is 0. The first kappa shape index (κ1) is 13.6. The third-order valence-electron chi connectivity index (χ3n) is 3.65. The Kier molecular flexibility index (Phi) is 3.85. The fourth-order valence-corrected chi connectivity index (χ4v) is 2.52. The van der Waals surface area contributed by atoms with Crippen LogP contribution >= 0.6 is 0 Å². The molecule has 1 N–H and O–H groups in total. The van der Waals surface area contributed by atoms with Gasteiger partial charge >= 0.3 is 0 Å². The number of allylic oxidation sites excluding steroid dienone is 1. The van der Waals surface area contributed by atoms with E-state index in [1.807, 2.05) is 24.3 Å². The molecule has 6 nitrogen and oxygen atoms in total. The topological polar surface area (TPSA) is 81.3 Å². The molecule has 1 aromatic rings. The van der Waals surface area contributed by atoms with Gasteiger partial charge < -0.3 is 14.8 Å². The van der Waals surface area contributed by atoms with Crippen LogP contribution in [-0.4, -0.2) is 31.0 Å². The molecule has 0 saturated carbocycles. The number of nitrogens with one attached hydrogen (secondary N) is 1. The third kappa shape index (κ3) is 2.74. The van der Waals surface area contributed by atoms with Gasteiger partial charge in [-0.3, -0.25) is 0 Å². The molecular weight excluding hydrogens is 268 g/mol. The fourth-order valence-electron chi connectivity index (χ4n) is 2.52. The second-order valence-electron chi connectivity index (χ2n) is 4.92. The molecule has 0 amide bonds. The number of ether oxygens (including phenoxy) is 2. The minimum Gasteiger partial charge on any atom is -0.364 e. The van der Waals surface area contributed by atoms with Crippen LogP contribution in [0.3, 0.4) is 0 Å². The second kappa shape index (κ2) is 5.94. The third-order valence-corrected chi connectivity index (χ3v) is 3.65. The minimum absolute atomic E-state index is 0.0332. The van der Waals surface area contributed by atoms with Gasteiger partial charge in [-0.2, -0.15) is 10.5 Å². The summed E-state index contributed by atoms with van der Waals surface area (Å²) in [5.74, 6) is 0. The van der Waals surface area contributed by atoms with Gasteiger partial charge in [-0.15, -0.1) is 0 Å². The van der Waals surface area contributed by atoms with E-state index in [1.54, 1.807) is 12.1 Å². The maximum absolute atomic E-state index is 8.66. The van der Waals surface area contributed by atoms with Crippen LogP contribution in [-0.2, 0) is 9.47 Å². The maximum Gasteiger partial charge on any atom is 0.145 e. The molecule has 0 bridgehead atoms. The molecule has 0 aliphatic carbocycles. The van der Waals surface area contributed by atoms with Gasteiger partial charge in [0.2, 0.25) is 0 Å². The van der Waals surface area contributed by atoms with E-state index >= 15 is 0 Å². The summed E-state index contributed by atoms with van der Waals surface area (Å²) in [4.78, 5) is 2.17. The average molecular weight is 282 g/mol. The van der Waals surface area contributed by atoms with Crippen molar-refractivity contribution >= 4 is 5.69 Å². The molecule has 21 heavy (non-hydrogen) atoms. The first-order chi connectivity index (χ1) is 10.3. The van der Waals surface area contributed by atoms with Crippen molar-refractivity contribution in [3.05, 3.63) is 41.6 Å². The zero-order valence-electron chi connectivity index (χ0n) is 11.3. The average Bonchev–Trinajstić information content (AvgIpc) is 3.12. The zero-order chi connectivity index (χ0) is 14.7. The molecule has 2 unspecified atom stereocenters. The molecule has 1 aromatic carbocycles. The second-order valence-corrected chi connectivity index (χ2v) is 4.92. The Labute approximate surface area is 122 Å². The summed E-state index contributed by atoms with van der Waals surface area (Å²) in [6.07, 6.45) is 1.43. The number of hydrogen-bond donors (Lipinski definition) is 1. The number of hydrogen-bond acceptors (Lipinski definition) is 6. The summed E-state index contributed by atoms with van der Waals surface area (Å²) in [5.41, 5.74) is 1.96. The molecule has 6 heteroatoms. The molecule has 0 aromatic heterocycles. The summed E-state index contributed by atoms with van der Waals surface area (Å²) in [5, 5.41) is 20.3. The number of nitriles is 2. The standard InChI is InChI=1S/C15H14N4O2/c16-5-11(6-17)7-18-13-3-1-12(2-4-13)15-14-8-20-9-19(14)10-21-15/h1-4,7,14-15,18H,8-10H2. The van der Waals surface area contributed by atoms with Crippen molar-refractivity contribution in [2.75, 3.05) is 25.4 Å². The summed E-state index contributed by atoms with van der Waals surface area (Å²) in [6, 6.07) is 11.7. The predicted octanol–water partition coefficient (Wildman–Crippen LogP) is 1.72. The van der Waals surface area contributed by atoms with Crippen molar-refractivity contribution in [3.8, 4) is 12.1 Å². The van der Waals surface area contributed by atoms with E-state index in [4.69, 9.17) is 20.0 Å². The van der Waals surface area contributed by atoms with E-state index in [9.17, 15) is 0 Å². The lowest BCUT2D eigenvalue weighted by atomic mass is 10.0. The van der Waals surface area contributed by atoms with Crippen molar-refractivity contribution in [2.45, 2.75) is 12.1 Å². The lowest BCUT2D eigenvalue weighted by Gasteiger charge is -2.16. The van der Waals surface area contributed by atoms with Crippen molar-refractivity contribution in [3.63, 3.8) is 0 Å². The summed E-state index contributed by atoms with van der Waals surface area (Å²) < 4.78 is 11.2. The van der Waals surface area contributed by atoms with Crippen LogP contribution in [0.15, 0.2) is 36.0 Å². The lowest BCUT2D eigenvalue weighted by Crippen LogP contribution is -2.27. The highest BCUT2D eigenvalue weighted by Crippen LogP contribution is 2.34. The Morgan fingerprint density at radius 3 is 2.71 bits per heavy atom. The van der Waals surface area contributed by atoms with E-state index in [0.29, 0.717) is 20.1 Å². The largest absolute Gasteiger partial charge is 0.364 e. The van der Waals surface area contributed by atoms with Crippen LogP contribution in [0.5, 0.6) is 0 Å². The molecule has 2 aliphatic heterocycles. The van der Waals surface area contributed by atoms with Gasteiger partial charge in [-0.25, -0.2) is 4.90 Å². The van der Waals surface area contributed by atoms with Crippen molar-refractivity contribution in [2.24, 2.45) is 0 Å². The maximum atomic E-state index is 8.66. The van der Waals surface area contributed by atoms with Crippen molar-refractivity contribution < 1.29 is 9.47 Å². The quantitative estimate of drug-likeness (QED) is 0.850. The van der Waals surface area contributed by atoms with Crippen LogP contribution in [0.2, 0.25) is 0 Å². The summed E-state index contributed by atoms with van der Waals surface area (Å²) in [6.45, 7) is 1.93. The Balaban J connectivity index is 1.69. The molecule has 0 radical (unpaired) electrons. The van der Waals surface area contributed by atoms with Crippen molar-refractivity contribution in [1.82, 2.24) is 4.90 Å². The van der Waals surface area contributed by atoms with Crippen LogP contribution in [0.4, 0.5) is 5.69 Å². The molecule has 3 rings (SSSR count). The molecular formula is C15H14N4O2. The molecule has 106 valence electrons. The monoisotopic (exact) mass is 282 g/mol. The molecule has 2 fully saturated rings. The molecule has 0 spiro atoms. The molecule has 2 saturated heterocycles. The first-order valence-corrected chi connectivity index (χ1v) is 6.62. The lowest BCUT2D eigenvalue weighted by molar-refractivity contribution is 0.0370. The van der Waals surface area contributed by atoms with Crippen LogP contribution < -0.4 is 5.32 Å². The van der Waals surface area contributed by atoms with E-state index in [0.717, 1.165) is 11.3 Å². The van der Waals surface area contributed by atoms with E-state index < -0.39 is 0 Å². The van der Waals surface area contributed by atoms with Gasteiger partial charge in [0.15, 0.2) is 0 Å². The molecule has 2 aliphatic rings. The van der Waals surface area contributed by atoms with Crippen LogP contribution in [0, 0.1) is 22.7 Å².